The van der Waals surface area contributed by atoms with Crippen molar-refractivity contribution in [3.05, 3.63) is 29.8 Å². The zero-order valence-corrected chi connectivity index (χ0v) is 10.7. The summed E-state index contributed by atoms with van der Waals surface area (Å²) >= 11 is 0. The highest BCUT2D eigenvalue weighted by molar-refractivity contribution is 5.37. The summed E-state index contributed by atoms with van der Waals surface area (Å²) in [5.74, 6) is 2.25. The average Bonchev–Trinajstić information content (AvgIpc) is 2.92. The highest BCUT2D eigenvalue weighted by Gasteiger charge is 2.22. The lowest BCUT2D eigenvalue weighted by molar-refractivity contribution is 0.0826. The van der Waals surface area contributed by atoms with E-state index >= 15 is 0 Å². The third-order valence-corrected chi connectivity index (χ3v) is 3.92. The smallest absolute Gasteiger partial charge is 0.122 e. The van der Waals surface area contributed by atoms with Crippen LogP contribution in [0.3, 0.4) is 0 Å². The van der Waals surface area contributed by atoms with E-state index in [0.29, 0.717) is 11.8 Å². The Morgan fingerprint density at radius 1 is 1.22 bits per heavy atom. The molecule has 1 fully saturated rings. The Labute approximate surface area is 108 Å². The molecule has 1 aromatic carbocycles. The van der Waals surface area contributed by atoms with Crippen LogP contribution in [0.25, 0.3) is 0 Å². The molecule has 0 saturated carbocycles. The zero-order valence-electron chi connectivity index (χ0n) is 10.7. The van der Waals surface area contributed by atoms with Crippen LogP contribution in [-0.4, -0.2) is 32.9 Å². The zero-order chi connectivity index (χ0) is 12.2. The molecule has 0 aromatic heterocycles. The Hall–Kier alpha value is -1.06. The summed E-state index contributed by atoms with van der Waals surface area (Å²) in [5.41, 5.74) is 1.31. The van der Waals surface area contributed by atoms with Gasteiger partial charge < -0.3 is 14.8 Å². The van der Waals surface area contributed by atoms with Crippen molar-refractivity contribution in [3.63, 3.8) is 0 Å². The molecule has 1 saturated heterocycles. The van der Waals surface area contributed by atoms with Crippen molar-refractivity contribution in [2.45, 2.75) is 18.8 Å². The summed E-state index contributed by atoms with van der Waals surface area (Å²) in [7, 11) is 0. The van der Waals surface area contributed by atoms with Gasteiger partial charge >= 0.3 is 0 Å². The summed E-state index contributed by atoms with van der Waals surface area (Å²) in [6.45, 7) is 4.80. The normalized spacial score (nSPS) is 26.7. The van der Waals surface area contributed by atoms with Gasteiger partial charge in [-0.15, -0.1) is 0 Å². The predicted octanol–water partition coefficient (Wildman–Crippen LogP) is 2.18. The Balaban J connectivity index is 1.54. The van der Waals surface area contributed by atoms with Gasteiger partial charge in [-0.2, -0.15) is 0 Å². The number of hydrogen-bond donors (Lipinski definition) is 1. The first-order valence-corrected chi connectivity index (χ1v) is 6.93. The Kier molecular flexibility index (Phi) is 3.81. The van der Waals surface area contributed by atoms with E-state index in [1.807, 2.05) is 6.07 Å². The van der Waals surface area contributed by atoms with Crippen LogP contribution in [0.2, 0.25) is 0 Å². The SMILES string of the molecule is c1ccc2c(c1)OCCC2COCC1CCNC1. The van der Waals surface area contributed by atoms with Gasteiger partial charge in [0.25, 0.3) is 0 Å². The van der Waals surface area contributed by atoms with E-state index in [-0.39, 0.29) is 0 Å². The molecule has 0 spiro atoms. The van der Waals surface area contributed by atoms with Gasteiger partial charge in [-0.25, -0.2) is 0 Å². The molecule has 0 radical (unpaired) electrons. The minimum atomic E-state index is 0.504. The number of ether oxygens (including phenoxy) is 2. The van der Waals surface area contributed by atoms with Crippen LogP contribution in [0.15, 0.2) is 24.3 Å². The maximum absolute atomic E-state index is 5.92. The highest BCUT2D eigenvalue weighted by atomic mass is 16.5. The molecule has 3 heteroatoms. The molecule has 98 valence electrons. The Morgan fingerprint density at radius 3 is 3.06 bits per heavy atom. The fraction of sp³-hybridized carbons (Fsp3) is 0.600. The molecule has 1 N–H and O–H groups in total. The van der Waals surface area contributed by atoms with Crippen LogP contribution in [0, 0.1) is 5.92 Å². The second-order valence-corrected chi connectivity index (χ2v) is 5.27. The van der Waals surface area contributed by atoms with Crippen molar-refractivity contribution in [2.24, 2.45) is 5.92 Å². The topological polar surface area (TPSA) is 30.5 Å². The third kappa shape index (κ3) is 2.68. The largest absolute Gasteiger partial charge is 0.493 e. The summed E-state index contributed by atoms with van der Waals surface area (Å²) < 4.78 is 11.6. The number of rotatable bonds is 4. The van der Waals surface area contributed by atoms with E-state index < -0.39 is 0 Å². The summed E-state index contributed by atoms with van der Waals surface area (Å²) in [4.78, 5) is 0. The van der Waals surface area contributed by atoms with E-state index in [9.17, 15) is 0 Å². The summed E-state index contributed by atoms with van der Waals surface area (Å²) in [6, 6.07) is 8.34. The number of fused-ring (bicyclic) bond motifs is 1. The van der Waals surface area contributed by atoms with Gasteiger partial charge in [0.1, 0.15) is 5.75 Å². The van der Waals surface area contributed by atoms with E-state index in [1.165, 1.54) is 12.0 Å². The summed E-state index contributed by atoms with van der Waals surface area (Å²) in [6.07, 6.45) is 2.32. The van der Waals surface area contributed by atoms with Crippen molar-refractivity contribution < 1.29 is 9.47 Å². The molecule has 2 aliphatic rings. The van der Waals surface area contributed by atoms with Crippen molar-refractivity contribution >= 4 is 0 Å². The fourth-order valence-electron chi connectivity index (χ4n) is 2.82. The van der Waals surface area contributed by atoms with E-state index in [1.54, 1.807) is 0 Å². The standard InChI is InChI=1S/C15H21NO2/c1-2-4-15-14(3-1)13(6-8-18-15)11-17-10-12-5-7-16-9-12/h1-4,12-13,16H,5-11H2. The van der Waals surface area contributed by atoms with E-state index in [2.05, 4.69) is 23.5 Å². The number of nitrogens with one attached hydrogen (secondary N) is 1. The first-order chi connectivity index (χ1) is 8.93. The van der Waals surface area contributed by atoms with Gasteiger partial charge in [-0.1, -0.05) is 18.2 Å². The van der Waals surface area contributed by atoms with Gasteiger partial charge in [-0.05, 0) is 36.9 Å². The van der Waals surface area contributed by atoms with E-state index in [4.69, 9.17) is 9.47 Å². The minimum Gasteiger partial charge on any atom is -0.493 e. The molecule has 1 aromatic rings. The van der Waals surface area contributed by atoms with Crippen molar-refractivity contribution in [1.29, 1.82) is 0 Å². The third-order valence-electron chi connectivity index (χ3n) is 3.92. The number of para-hydroxylation sites is 1. The predicted molar refractivity (Wildman–Crippen MR) is 71.1 cm³/mol. The lowest BCUT2D eigenvalue weighted by atomic mass is 9.94. The van der Waals surface area contributed by atoms with Gasteiger partial charge in [-0.3, -0.25) is 0 Å². The van der Waals surface area contributed by atoms with Crippen LogP contribution < -0.4 is 10.1 Å². The number of benzene rings is 1. The molecule has 2 atom stereocenters. The molecule has 18 heavy (non-hydrogen) atoms. The molecule has 0 aliphatic carbocycles. The molecule has 2 heterocycles. The first-order valence-electron chi connectivity index (χ1n) is 6.93. The quantitative estimate of drug-likeness (QED) is 0.884. The summed E-state index contributed by atoms with van der Waals surface area (Å²) in [5, 5.41) is 3.38. The minimum absolute atomic E-state index is 0.504. The molecular weight excluding hydrogens is 226 g/mol. The second-order valence-electron chi connectivity index (χ2n) is 5.27. The molecule has 0 bridgehead atoms. The molecule has 3 nitrogen and oxygen atoms in total. The highest BCUT2D eigenvalue weighted by Crippen LogP contribution is 2.33. The fourth-order valence-corrected chi connectivity index (χ4v) is 2.82. The maximum Gasteiger partial charge on any atom is 0.122 e. The van der Waals surface area contributed by atoms with Gasteiger partial charge in [0.15, 0.2) is 0 Å². The van der Waals surface area contributed by atoms with Crippen molar-refractivity contribution in [2.75, 3.05) is 32.9 Å². The average molecular weight is 247 g/mol. The Bertz CT molecular complexity index is 388. The molecule has 2 aliphatic heterocycles. The van der Waals surface area contributed by atoms with Gasteiger partial charge in [0.05, 0.1) is 19.8 Å². The number of hydrogen-bond acceptors (Lipinski definition) is 3. The van der Waals surface area contributed by atoms with Gasteiger partial charge in [0.2, 0.25) is 0 Å². The monoisotopic (exact) mass is 247 g/mol. The first kappa shape index (κ1) is 12.0. The van der Waals surface area contributed by atoms with Crippen LogP contribution in [0.4, 0.5) is 0 Å². The van der Waals surface area contributed by atoms with Crippen LogP contribution in [0.1, 0.15) is 24.3 Å². The van der Waals surface area contributed by atoms with Crippen LogP contribution in [0.5, 0.6) is 5.75 Å². The Morgan fingerprint density at radius 2 is 2.17 bits per heavy atom. The lowest BCUT2D eigenvalue weighted by Crippen LogP contribution is -2.20. The van der Waals surface area contributed by atoms with Crippen LogP contribution in [-0.2, 0) is 4.74 Å². The second kappa shape index (κ2) is 5.72. The van der Waals surface area contributed by atoms with E-state index in [0.717, 1.165) is 45.1 Å². The van der Waals surface area contributed by atoms with Crippen molar-refractivity contribution in [1.82, 2.24) is 5.32 Å². The molecular formula is C15H21NO2. The molecule has 3 rings (SSSR count). The van der Waals surface area contributed by atoms with Crippen LogP contribution >= 0.6 is 0 Å². The van der Waals surface area contributed by atoms with Gasteiger partial charge in [0, 0.05) is 12.5 Å². The van der Waals surface area contributed by atoms with Crippen molar-refractivity contribution in [3.8, 4) is 5.75 Å². The maximum atomic E-state index is 5.92. The molecule has 0 amide bonds. The lowest BCUT2D eigenvalue weighted by Gasteiger charge is -2.26. The molecule has 2 unspecified atom stereocenters.